The van der Waals surface area contributed by atoms with Gasteiger partial charge in [-0.2, -0.15) is 0 Å². The lowest BCUT2D eigenvalue weighted by Crippen LogP contribution is -2.23. The molecule has 16 heavy (non-hydrogen) atoms. The maximum atomic E-state index is 11.3. The third-order valence-corrected chi connectivity index (χ3v) is 3.96. The van der Waals surface area contributed by atoms with Crippen LogP contribution in [0, 0.1) is 0 Å². The van der Waals surface area contributed by atoms with E-state index >= 15 is 0 Å². The number of thioether (sulfide) groups is 1. The average molecular weight is 236 g/mol. The summed E-state index contributed by atoms with van der Waals surface area (Å²) in [7, 11) is 0. The molecule has 1 aromatic rings. The lowest BCUT2D eigenvalue weighted by atomic mass is 10.1. The Kier molecular flexibility index (Phi) is 2.98. The van der Waals surface area contributed by atoms with Crippen LogP contribution in [0.5, 0.6) is 5.75 Å². The minimum absolute atomic E-state index is 0.104. The summed E-state index contributed by atoms with van der Waals surface area (Å²) in [5.74, 6) is 1.01. The van der Waals surface area contributed by atoms with E-state index in [-0.39, 0.29) is 10.7 Å². The van der Waals surface area contributed by atoms with Gasteiger partial charge in [0.2, 0.25) is 0 Å². The van der Waals surface area contributed by atoms with Crippen molar-refractivity contribution in [3.05, 3.63) is 23.8 Å². The smallest absolute Gasteiger partial charge is 0.159 e. The van der Waals surface area contributed by atoms with E-state index in [9.17, 15) is 4.79 Å². The first-order valence-electron chi connectivity index (χ1n) is 5.57. The summed E-state index contributed by atoms with van der Waals surface area (Å²) < 4.78 is 5.92. The molecular weight excluding hydrogens is 220 g/mol. The first kappa shape index (κ1) is 11.5. The molecule has 1 aliphatic rings. The van der Waals surface area contributed by atoms with Crippen molar-refractivity contribution >= 4 is 17.5 Å². The highest BCUT2D eigenvalue weighted by molar-refractivity contribution is 8.00. The van der Waals surface area contributed by atoms with Crippen LogP contribution < -0.4 is 4.74 Å². The molecule has 0 fully saturated rings. The van der Waals surface area contributed by atoms with E-state index < -0.39 is 0 Å². The van der Waals surface area contributed by atoms with Gasteiger partial charge in [0.1, 0.15) is 5.75 Å². The third kappa shape index (κ3) is 2.09. The molecule has 2 rings (SSSR count). The molecule has 1 heterocycles. The summed E-state index contributed by atoms with van der Waals surface area (Å²) >= 11 is 1.72. The number of carbonyl (C=O) groups excluding carboxylic acids is 1. The van der Waals surface area contributed by atoms with Gasteiger partial charge in [0, 0.05) is 5.56 Å². The zero-order chi connectivity index (χ0) is 11.8. The van der Waals surface area contributed by atoms with Gasteiger partial charge in [-0.05, 0) is 38.5 Å². The molecular formula is C13H16O2S. The Balaban J connectivity index is 2.27. The molecule has 0 aliphatic carbocycles. The van der Waals surface area contributed by atoms with Crippen LogP contribution in [0.2, 0.25) is 0 Å². The van der Waals surface area contributed by atoms with Crippen LogP contribution in [0.25, 0.3) is 0 Å². The lowest BCUT2D eigenvalue weighted by Gasteiger charge is -2.21. The molecule has 1 atom stereocenters. The molecule has 0 spiro atoms. The van der Waals surface area contributed by atoms with Crippen LogP contribution in [0.15, 0.2) is 23.1 Å². The van der Waals surface area contributed by atoms with Gasteiger partial charge in [0.15, 0.2) is 10.7 Å². The van der Waals surface area contributed by atoms with E-state index in [2.05, 4.69) is 13.8 Å². The molecule has 0 radical (unpaired) electrons. The van der Waals surface area contributed by atoms with Crippen molar-refractivity contribution in [1.82, 2.24) is 0 Å². The molecule has 1 unspecified atom stereocenters. The summed E-state index contributed by atoms with van der Waals surface area (Å²) in [5.41, 5.74) is 0.760. The van der Waals surface area contributed by atoms with E-state index in [1.54, 1.807) is 18.7 Å². The highest BCUT2D eigenvalue weighted by atomic mass is 32.2. The van der Waals surface area contributed by atoms with E-state index in [0.717, 1.165) is 29.1 Å². The summed E-state index contributed by atoms with van der Waals surface area (Å²) in [6, 6.07) is 5.67. The van der Waals surface area contributed by atoms with Crippen LogP contribution in [0.3, 0.4) is 0 Å². The lowest BCUT2D eigenvalue weighted by molar-refractivity contribution is 0.101. The SMILES string of the molecule is CCCC1(C)Oc2ccc(C(C)=O)cc2S1. The Morgan fingerprint density at radius 3 is 2.88 bits per heavy atom. The summed E-state index contributed by atoms with van der Waals surface area (Å²) in [4.78, 5) is 12.2. The Hall–Kier alpha value is -0.960. The molecule has 1 aliphatic heterocycles. The average Bonchev–Trinajstić information content (AvgIpc) is 2.52. The molecule has 0 bridgehead atoms. The highest BCUT2D eigenvalue weighted by Gasteiger charge is 2.35. The first-order valence-corrected chi connectivity index (χ1v) is 6.39. The molecule has 0 amide bonds. The number of ether oxygens (including phenoxy) is 1. The number of hydrogen-bond donors (Lipinski definition) is 0. The predicted octanol–water partition coefficient (Wildman–Crippen LogP) is 3.89. The normalized spacial score (nSPS) is 22.7. The number of Topliss-reactive ketones (excluding diaryl/α,β-unsaturated/α-hetero) is 1. The summed E-state index contributed by atoms with van der Waals surface area (Å²) in [6.45, 7) is 5.85. The molecule has 3 heteroatoms. The van der Waals surface area contributed by atoms with Crippen LogP contribution >= 0.6 is 11.8 Å². The zero-order valence-corrected chi connectivity index (χ0v) is 10.7. The predicted molar refractivity (Wildman–Crippen MR) is 66.2 cm³/mol. The second-order valence-electron chi connectivity index (χ2n) is 4.31. The highest BCUT2D eigenvalue weighted by Crippen LogP contribution is 2.49. The van der Waals surface area contributed by atoms with Crippen molar-refractivity contribution in [2.75, 3.05) is 0 Å². The minimum Gasteiger partial charge on any atom is -0.475 e. The van der Waals surface area contributed by atoms with Crippen LogP contribution in [-0.4, -0.2) is 10.7 Å². The molecule has 0 saturated heterocycles. The maximum absolute atomic E-state index is 11.3. The van der Waals surface area contributed by atoms with Gasteiger partial charge in [-0.1, -0.05) is 25.1 Å². The fourth-order valence-electron chi connectivity index (χ4n) is 1.93. The largest absolute Gasteiger partial charge is 0.475 e. The van der Waals surface area contributed by atoms with Crippen LogP contribution in [-0.2, 0) is 0 Å². The second-order valence-corrected chi connectivity index (χ2v) is 5.81. The third-order valence-electron chi connectivity index (χ3n) is 2.71. The standard InChI is InChI=1S/C13H16O2S/c1-4-7-13(3)15-11-6-5-10(9(2)14)8-12(11)16-13/h5-6,8H,4,7H2,1-3H3. The van der Waals surface area contributed by atoms with Gasteiger partial charge in [0.05, 0.1) is 4.90 Å². The van der Waals surface area contributed by atoms with Crippen molar-refractivity contribution in [3.63, 3.8) is 0 Å². The first-order chi connectivity index (χ1) is 7.54. The fraction of sp³-hybridized carbons (Fsp3) is 0.462. The van der Waals surface area contributed by atoms with Crippen molar-refractivity contribution < 1.29 is 9.53 Å². The zero-order valence-electron chi connectivity index (χ0n) is 9.87. The molecule has 0 aromatic heterocycles. The quantitative estimate of drug-likeness (QED) is 0.745. The molecule has 0 N–H and O–H groups in total. The van der Waals surface area contributed by atoms with Crippen molar-refractivity contribution in [1.29, 1.82) is 0 Å². The van der Waals surface area contributed by atoms with Crippen LogP contribution in [0.4, 0.5) is 0 Å². The van der Waals surface area contributed by atoms with Crippen molar-refractivity contribution in [3.8, 4) is 5.75 Å². The molecule has 1 aromatic carbocycles. The van der Waals surface area contributed by atoms with E-state index in [0.29, 0.717) is 0 Å². The van der Waals surface area contributed by atoms with Gasteiger partial charge in [0.25, 0.3) is 0 Å². The van der Waals surface area contributed by atoms with Gasteiger partial charge in [-0.15, -0.1) is 0 Å². The number of carbonyl (C=O) groups is 1. The van der Waals surface area contributed by atoms with Crippen LogP contribution in [0.1, 0.15) is 44.0 Å². The van der Waals surface area contributed by atoms with Crippen molar-refractivity contribution in [2.24, 2.45) is 0 Å². The summed E-state index contributed by atoms with van der Waals surface area (Å²) in [5, 5.41) is 0. The Labute approximate surface area is 100 Å². The minimum atomic E-state index is -0.160. The fourth-order valence-corrected chi connectivity index (χ4v) is 3.23. The summed E-state index contributed by atoms with van der Waals surface area (Å²) in [6.07, 6.45) is 2.11. The Morgan fingerprint density at radius 2 is 2.25 bits per heavy atom. The number of fused-ring (bicyclic) bond motifs is 1. The van der Waals surface area contributed by atoms with E-state index in [1.807, 2.05) is 18.2 Å². The van der Waals surface area contributed by atoms with E-state index in [4.69, 9.17) is 4.74 Å². The Bertz CT molecular complexity index is 428. The number of hydrogen-bond acceptors (Lipinski definition) is 3. The van der Waals surface area contributed by atoms with E-state index in [1.165, 1.54) is 0 Å². The van der Waals surface area contributed by atoms with Gasteiger partial charge >= 0.3 is 0 Å². The number of ketones is 1. The monoisotopic (exact) mass is 236 g/mol. The van der Waals surface area contributed by atoms with Gasteiger partial charge in [-0.25, -0.2) is 0 Å². The van der Waals surface area contributed by atoms with Crippen molar-refractivity contribution in [2.45, 2.75) is 43.4 Å². The maximum Gasteiger partial charge on any atom is 0.159 e. The van der Waals surface area contributed by atoms with Gasteiger partial charge < -0.3 is 4.74 Å². The molecule has 0 saturated carbocycles. The molecule has 2 nitrogen and oxygen atoms in total. The number of rotatable bonds is 3. The second kappa shape index (κ2) is 4.13. The van der Waals surface area contributed by atoms with Gasteiger partial charge in [-0.3, -0.25) is 4.79 Å². The number of benzene rings is 1. The Morgan fingerprint density at radius 1 is 1.50 bits per heavy atom. The molecule has 86 valence electrons. The topological polar surface area (TPSA) is 26.3 Å².